The molecule has 0 radical (unpaired) electrons. The molecule has 2 aliphatic rings. The Bertz CT molecular complexity index is 680. The third-order valence-corrected chi connectivity index (χ3v) is 28.2. The van der Waals surface area contributed by atoms with Crippen LogP contribution in [0.4, 0.5) is 0 Å². The van der Waals surface area contributed by atoms with Crippen LogP contribution in [0.5, 0.6) is 0 Å². The Balaban J connectivity index is 2.86. The fraction of sp³-hybridized carbons (Fsp3) is 0.765. The van der Waals surface area contributed by atoms with Gasteiger partial charge in [-0.2, -0.15) is 0 Å². The minimum absolute atomic E-state index is 1.23. The molecule has 0 spiro atoms. The second-order valence-corrected chi connectivity index (χ2v) is 25.2. The SMILES string of the molecule is CCCCC1=[C]([Hf]([C]2=C(CCCC)C=CC2)([N](CCCC)CCCC)[N](CCCC)CCCC)CC=C1. The van der Waals surface area contributed by atoms with Gasteiger partial charge in [-0.3, -0.25) is 0 Å². The van der Waals surface area contributed by atoms with Gasteiger partial charge in [0.25, 0.3) is 0 Å². The van der Waals surface area contributed by atoms with Gasteiger partial charge in [-0.25, -0.2) is 0 Å². The van der Waals surface area contributed by atoms with Gasteiger partial charge in [-0.1, -0.05) is 0 Å². The molecule has 0 N–H and O–H groups in total. The molecule has 0 unspecified atom stereocenters. The van der Waals surface area contributed by atoms with Crippen molar-refractivity contribution in [2.24, 2.45) is 0 Å². The van der Waals surface area contributed by atoms with Gasteiger partial charge in [0, 0.05) is 0 Å². The first-order valence-electron chi connectivity index (χ1n) is 16.4. The first-order valence-corrected chi connectivity index (χ1v) is 23.2. The Kier molecular flexibility index (Phi) is 16.9. The molecule has 0 aliphatic heterocycles. The molecular formula is C34H62HfN2. The Labute approximate surface area is 237 Å². The number of nitrogens with zero attached hydrogens (tertiary/aromatic N) is 2. The molecule has 0 atom stereocenters. The van der Waals surface area contributed by atoms with Gasteiger partial charge in [0.1, 0.15) is 0 Å². The van der Waals surface area contributed by atoms with Gasteiger partial charge >= 0.3 is 239 Å². The number of allylic oxidation sites excluding steroid dienone is 8. The van der Waals surface area contributed by atoms with Crippen LogP contribution in [0.2, 0.25) is 0 Å². The summed E-state index contributed by atoms with van der Waals surface area (Å²) in [4.78, 5) is 0. The maximum atomic E-state index is 3.23. The van der Waals surface area contributed by atoms with Crippen LogP contribution >= 0.6 is 0 Å². The Hall–Kier alpha value is -0.250. The maximum absolute atomic E-state index is 3.58. The van der Waals surface area contributed by atoms with Crippen molar-refractivity contribution in [1.82, 2.24) is 5.78 Å². The van der Waals surface area contributed by atoms with Crippen molar-refractivity contribution in [2.75, 3.05) is 26.2 Å². The van der Waals surface area contributed by atoms with Gasteiger partial charge in [-0.05, 0) is 0 Å². The second kappa shape index (κ2) is 18.9. The van der Waals surface area contributed by atoms with E-state index >= 15 is 0 Å². The molecule has 0 heterocycles. The van der Waals surface area contributed by atoms with Crippen LogP contribution in [0.3, 0.4) is 0 Å². The number of rotatable bonds is 22. The molecule has 2 rings (SSSR count). The van der Waals surface area contributed by atoms with E-state index in [9.17, 15) is 0 Å². The van der Waals surface area contributed by atoms with Crippen molar-refractivity contribution in [3.05, 3.63) is 42.1 Å². The van der Waals surface area contributed by atoms with Crippen LogP contribution in [0, 0.1) is 0 Å². The quantitative estimate of drug-likeness (QED) is 0.105. The van der Waals surface area contributed by atoms with E-state index in [2.05, 4.69) is 71.6 Å². The normalized spacial score (nSPS) is 16.0. The topological polar surface area (TPSA) is 6.48 Å². The summed E-state index contributed by atoms with van der Waals surface area (Å²) in [5, 5.41) is 0. The molecule has 37 heavy (non-hydrogen) atoms. The Morgan fingerprint density at radius 1 is 0.514 bits per heavy atom. The summed E-state index contributed by atoms with van der Waals surface area (Å²) in [6, 6.07) is 0. The van der Waals surface area contributed by atoms with Crippen molar-refractivity contribution in [3.63, 3.8) is 0 Å². The molecule has 0 saturated carbocycles. The monoisotopic (exact) mass is 678 g/mol. The molecule has 0 aromatic carbocycles. The summed E-state index contributed by atoms with van der Waals surface area (Å²) in [7, 11) is 0. The molecule has 0 bridgehead atoms. The van der Waals surface area contributed by atoms with Gasteiger partial charge in [0.15, 0.2) is 0 Å². The average Bonchev–Trinajstić information content (AvgIpc) is 3.59. The Morgan fingerprint density at radius 3 is 1.14 bits per heavy atom. The first kappa shape index (κ1) is 33.0. The standard InChI is InChI=1S/2C9H13.2C8H18N.Hf/c2*1-2-3-6-9-7-4-5-8-9;2*1-3-5-7-9-8-6-4-2;/h2*4,7H,2-3,5-6H2,1H3;2*3-8H2,1-2H3;/q;;2*-1;+2. The van der Waals surface area contributed by atoms with Crippen LogP contribution in [0.15, 0.2) is 42.1 Å². The molecule has 0 amide bonds. The van der Waals surface area contributed by atoms with Crippen LogP contribution in [0.25, 0.3) is 0 Å². The molecule has 0 fully saturated rings. The van der Waals surface area contributed by atoms with Crippen LogP contribution in [-0.2, 0) is 20.5 Å². The van der Waals surface area contributed by atoms with Crippen molar-refractivity contribution >= 4 is 0 Å². The van der Waals surface area contributed by atoms with E-state index in [1.807, 2.05) is 6.66 Å². The fourth-order valence-corrected chi connectivity index (χ4v) is 29.2. The van der Waals surface area contributed by atoms with E-state index in [-0.39, 0.29) is 0 Å². The molecule has 0 aromatic rings. The van der Waals surface area contributed by atoms with Crippen LogP contribution < -0.4 is 0 Å². The summed E-state index contributed by atoms with van der Waals surface area (Å²) in [5.41, 5.74) is 3.52. The summed E-state index contributed by atoms with van der Waals surface area (Å²) in [6.07, 6.45) is 31.1. The average molecular weight is 677 g/mol. The predicted molar refractivity (Wildman–Crippen MR) is 163 cm³/mol. The molecule has 3 heteroatoms. The van der Waals surface area contributed by atoms with Crippen molar-refractivity contribution < 1.29 is 20.5 Å². The molecular weight excluding hydrogens is 615 g/mol. The van der Waals surface area contributed by atoms with Crippen molar-refractivity contribution in [1.29, 1.82) is 0 Å². The Morgan fingerprint density at radius 2 is 0.838 bits per heavy atom. The predicted octanol–water partition coefficient (Wildman–Crippen LogP) is 10.6. The molecule has 0 saturated heterocycles. The first-order chi connectivity index (χ1) is 18.1. The van der Waals surface area contributed by atoms with E-state index in [4.69, 9.17) is 0 Å². The van der Waals surface area contributed by atoms with E-state index < -0.39 is 20.5 Å². The van der Waals surface area contributed by atoms with Gasteiger partial charge in [0.2, 0.25) is 0 Å². The third kappa shape index (κ3) is 8.87. The second-order valence-electron chi connectivity index (χ2n) is 11.5. The zero-order valence-electron chi connectivity index (χ0n) is 25.8. The van der Waals surface area contributed by atoms with Gasteiger partial charge < -0.3 is 0 Å². The number of unbranched alkanes of at least 4 members (excludes halogenated alkanes) is 6. The van der Waals surface area contributed by atoms with Crippen molar-refractivity contribution in [2.45, 2.75) is 144 Å². The fourth-order valence-electron chi connectivity index (χ4n) is 6.45. The summed E-state index contributed by atoms with van der Waals surface area (Å²) in [6.45, 7) is 19.6. The molecule has 2 aliphatic carbocycles. The molecule has 0 aromatic heterocycles. The zero-order chi connectivity index (χ0) is 26.9. The van der Waals surface area contributed by atoms with E-state index in [0.29, 0.717) is 0 Å². The summed E-state index contributed by atoms with van der Waals surface area (Å²) >= 11 is -3.58. The molecule has 2 nitrogen and oxygen atoms in total. The number of hydrogen-bond acceptors (Lipinski definition) is 2. The number of hydrogen-bond donors (Lipinski definition) is 0. The van der Waals surface area contributed by atoms with E-state index in [0.717, 1.165) is 0 Å². The summed E-state index contributed by atoms with van der Waals surface area (Å²) < 4.78 is 10.4. The van der Waals surface area contributed by atoms with Crippen molar-refractivity contribution in [3.8, 4) is 0 Å². The third-order valence-electron chi connectivity index (χ3n) is 8.54. The van der Waals surface area contributed by atoms with E-state index in [1.54, 1.807) is 11.1 Å². The van der Waals surface area contributed by atoms with Crippen LogP contribution in [-0.4, -0.2) is 32.0 Å². The molecule has 212 valence electrons. The van der Waals surface area contributed by atoms with E-state index in [1.165, 1.54) is 129 Å². The summed E-state index contributed by atoms with van der Waals surface area (Å²) in [5.74, 6) is 0. The van der Waals surface area contributed by atoms with Gasteiger partial charge in [-0.15, -0.1) is 0 Å². The van der Waals surface area contributed by atoms with Gasteiger partial charge in [0.05, 0.1) is 0 Å². The zero-order valence-corrected chi connectivity index (χ0v) is 29.4. The van der Waals surface area contributed by atoms with Crippen LogP contribution in [0.1, 0.15) is 144 Å². The minimum atomic E-state index is -3.58.